The molecule has 0 aliphatic heterocycles. The van der Waals surface area contributed by atoms with Crippen molar-refractivity contribution in [3.8, 4) is 11.5 Å². The molecule has 0 fully saturated rings. The summed E-state index contributed by atoms with van der Waals surface area (Å²) in [5.74, 6) is 1.16. The van der Waals surface area contributed by atoms with Crippen LogP contribution in [0.4, 0.5) is 5.69 Å². The number of carbonyl (C=O) groups excluding carboxylic acids is 1. The van der Waals surface area contributed by atoms with Gasteiger partial charge in [-0.25, -0.2) is 0 Å². The first-order valence-electron chi connectivity index (χ1n) is 7.49. The molecule has 4 nitrogen and oxygen atoms in total. The zero-order valence-corrected chi connectivity index (χ0v) is 15.1. The maximum absolute atomic E-state index is 12.1. The van der Waals surface area contributed by atoms with Crippen molar-refractivity contribution in [2.75, 3.05) is 19.5 Å². The number of carbonyl (C=O) groups is 1. The Kier molecular flexibility index (Phi) is 6.76. The second-order valence-corrected chi connectivity index (χ2v) is 6.03. The average Bonchev–Trinajstić information content (AvgIpc) is 2.58. The van der Waals surface area contributed by atoms with E-state index >= 15 is 0 Å². The van der Waals surface area contributed by atoms with Gasteiger partial charge in [-0.2, -0.15) is 0 Å². The maximum atomic E-state index is 12.1. The SMILES string of the molecule is COc1ccc(NC(=O)CCCc2ccc(Cl)c(Cl)c2)c(OC)c1. The van der Waals surface area contributed by atoms with Crippen molar-refractivity contribution in [2.24, 2.45) is 0 Å². The Balaban J connectivity index is 1.88. The maximum Gasteiger partial charge on any atom is 0.224 e. The van der Waals surface area contributed by atoms with E-state index < -0.39 is 0 Å². The minimum atomic E-state index is -0.0708. The molecule has 6 heteroatoms. The first-order chi connectivity index (χ1) is 11.5. The average molecular weight is 368 g/mol. The van der Waals surface area contributed by atoms with Gasteiger partial charge in [0.25, 0.3) is 0 Å². The molecule has 2 aromatic rings. The Labute approximate surface area is 151 Å². The molecule has 1 N–H and O–H groups in total. The first-order valence-corrected chi connectivity index (χ1v) is 8.25. The fourth-order valence-corrected chi connectivity index (χ4v) is 2.58. The highest BCUT2D eigenvalue weighted by Crippen LogP contribution is 2.29. The van der Waals surface area contributed by atoms with E-state index in [1.165, 1.54) is 0 Å². The highest BCUT2D eigenvalue weighted by atomic mass is 35.5. The van der Waals surface area contributed by atoms with Crippen LogP contribution in [-0.4, -0.2) is 20.1 Å². The number of methoxy groups -OCH3 is 2. The molecule has 128 valence electrons. The van der Waals surface area contributed by atoms with Gasteiger partial charge in [-0.15, -0.1) is 0 Å². The van der Waals surface area contributed by atoms with E-state index in [1.807, 2.05) is 12.1 Å². The molecule has 0 saturated carbocycles. The molecule has 0 spiro atoms. The van der Waals surface area contributed by atoms with Crippen LogP contribution in [0.15, 0.2) is 36.4 Å². The molecule has 0 atom stereocenters. The lowest BCUT2D eigenvalue weighted by molar-refractivity contribution is -0.116. The number of benzene rings is 2. The molecular weight excluding hydrogens is 349 g/mol. The zero-order chi connectivity index (χ0) is 17.5. The molecule has 2 rings (SSSR count). The van der Waals surface area contributed by atoms with E-state index in [0.29, 0.717) is 40.1 Å². The van der Waals surface area contributed by atoms with Crippen molar-refractivity contribution < 1.29 is 14.3 Å². The van der Waals surface area contributed by atoms with E-state index in [1.54, 1.807) is 38.5 Å². The Morgan fingerprint density at radius 1 is 1.04 bits per heavy atom. The van der Waals surface area contributed by atoms with E-state index in [4.69, 9.17) is 32.7 Å². The van der Waals surface area contributed by atoms with Crippen LogP contribution in [0.1, 0.15) is 18.4 Å². The number of ether oxygens (including phenoxy) is 2. The molecule has 0 unspecified atom stereocenters. The lowest BCUT2D eigenvalue weighted by Gasteiger charge is -2.11. The van der Waals surface area contributed by atoms with Gasteiger partial charge in [0.15, 0.2) is 0 Å². The van der Waals surface area contributed by atoms with Crippen molar-refractivity contribution in [3.63, 3.8) is 0 Å². The molecule has 0 aliphatic carbocycles. The van der Waals surface area contributed by atoms with Gasteiger partial charge >= 0.3 is 0 Å². The number of hydrogen-bond acceptors (Lipinski definition) is 3. The number of nitrogens with one attached hydrogen (secondary N) is 1. The van der Waals surface area contributed by atoms with Crippen LogP contribution in [0.3, 0.4) is 0 Å². The summed E-state index contributed by atoms with van der Waals surface area (Å²) < 4.78 is 10.4. The van der Waals surface area contributed by atoms with E-state index in [2.05, 4.69) is 5.32 Å². The van der Waals surface area contributed by atoms with Crippen molar-refractivity contribution in [1.82, 2.24) is 0 Å². The Morgan fingerprint density at radius 3 is 2.50 bits per heavy atom. The molecule has 24 heavy (non-hydrogen) atoms. The van der Waals surface area contributed by atoms with Crippen LogP contribution < -0.4 is 14.8 Å². The predicted octanol–water partition coefficient (Wildman–Crippen LogP) is 4.97. The Hall–Kier alpha value is -1.91. The highest BCUT2D eigenvalue weighted by molar-refractivity contribution is 6.42. The third-order valence-corrected chi connectivity index (χ3v) is 4.28. The highest BCUT2D eigenvalue weighted by Gasteiger charge is 2.09. The molecule has 0 aliphatic rings. The summed E-state index contributed by atoms with van der Waals surface area (Å²) in [6.07, 6.45) is 1.86. The third kappa shape index (κ3) is 5.05. The normalized spacial score (nSPS) is 10.3. The topological polar surface area (TPSA) is 47.6 Å². The Bertz CT molecular complexity index is 719. The second kappa shape index (κ2) is 8.81. The molecule has 0 heterocycles. The minimum absolute atomic E-state index is 0.0708. The van der Waals surface area contributed by atoms with Gasteiger partial charge in [-0.1, -0.05) is 29.3 Å². The number of halogens is 2. The van der Waals surface area contributed by atoms with Crippen molar-refractivity contribution in [1.29, 1.82) is 0 Å². The van der Waals surface area contributed by atoms with Crippen molar-refractivity contribution >= 4 is 34.8 Å². The van der Waals surface area contributed by atoms with E-state index in [0.717, 1.165) is 12.0 Å². The molecule has 0 radical (unpaired) electrons. The standard InChI is InChI=1S/C18H19Cl2NO3/c1-23-13-7-9-16(17(11-13)24-2)21-18(22)5-3-4-12-6-8-14(19)15(20)10-12/h6-11H,3-5H2,1-2H3,(H,21,22). The first kappa shape index (κ1) is 18.4. The molecular formula is C18H19Cl2NO3. The van der Waals surface area contributed by atoms with Crippen molar-refractivity contribution in [3.05, 3.63) is 52.0 Å². The largest absolute Gasteiger partial charge is 0.497 e. The van der Waals surface area contributed by atoms with Crippen LogP contribution in [0.2, 0.25) is 10.0 Å². The number of hydrogen-bond donors (Lipinski definition) is 1. The molecule has 2 aromatic carbocycles. The van der Waals surface area contributed by atoms with Gasteiger partial charge in [0.2, 0.25) is 5.91 Å². The summed E-state index contributed by atoms with van der Waals surface area (Å²) in [6, 6.07) is 10.8. The number of aryl methyl sites for hydroxylation is 1. The van der Waals surface area contributed by atoms with Gasteiger partial charge in [-0.05, 0) is 42.7 Å². The van der Waals surface area contributed by atoms with Crippen LogP contribution in [0.25, 0.3) is 0 Å². The van der Waals surface area contributed by atoms with Gasteiger partial charge in [0.05, 0.1) is 30.0 Å². The van der Waals surface area contributed by atoms with Gasteiger partial charge in [0.1, 0.15) is 11.5 Å². The molecule has 0 saturated heterocycles. The smallest absolute Gasteiger partial charge is 0.224 e. The van der Waals surface area contributed by atoms with Gasteiger partial charge in [0, 0.05) is 12.5 Å². The van der Waals surface area contributed by atoms with Gasteiger partial charge in [-0.3, -0.25) is 4.79 Å². The minimum Gasteiger partial charge on any atom is -0.497 e. The second-order valence-electron chi connectivity index (χ2n) is 5.22. The third-order valence-electron chi connectivity index (χ3n) is 3.54. The predicted molar refractivity (Wildman–Crippen MR) is 97.6 cm³/mol. The fraction of sp³-hybridized carbons (Fsp3) is 0.278. The van der Waals surface area contributed by atoms with Crippen LogP contribution in [0, 0.1) is 0 Å². The quantitative estimate of drug-likeness (QED) is 0.751. The number of anilines is 1. The van der Waals surface area contributed by atoms with E-state index in [9.17, 15) is 4.79 Å². The zero-order valence-electron chi connectivity index (χ0n) is 13.6. The molecule has 0 bridgehead atoms. The summed E-state index contributed by atoms with van der Waals surface area (Å²) in [4.78, 5) is 12.1. The Morgan fingerprint density at radius 2 is 1.83 bits per heavy atom. The lowest BCUT2D eigenvalue weighted by Crippen LogP contribution is -2.12. The molecule has 1 amide bonds. The summed E-state index contributed by atoms with van der Waals surface area (Å²) in [6.45, 7) is 0. The summed E-state index contributed by atoms with van der Waals surface area (Å²) in [5, 5.41) is 3.91. The van der Waals surface area contributed by atoms with Crippen LogP contribution in [-0.2, 0) is 11.2 Å². The summed E-state index contributed by atoms with van der Waals surface area (Å²) in [5.41, 5.74) is 1.68. The summed E-state index contributed by atoms with van der Waals surface area (Å²) >= 11 is 11.9. The lowest BCUT2D eigenvalue weighted by atomic mass is 10.1. The van der Waals surface area contributed by atoms with Gasteiger partial charge < -0.3 is 14.8 Å². The molecule has 0 aromatic heterocycles. The van der Waals surface area contributed by atoms with Crippen molar-refractivity contribution in [2.45, 2.75) is 19.3 Å². The van der Waals surface area contributed by atoms with E-state index in [-0.39, 0.29) is 5.91 Å². The number of amides is 1. The number of rotatable bonds is 7. The van der Waals surface area contributed by atoms with Crippen LogP contribution >= 0.6 is 23.2 Å². The fourth-order valence-electron chi connectivity index (χ4n) is 2.26. The monoisotopic (exact) mass is 367 g/mol. The summed E-state index contributed by atoms with van der Waals surface area (Å²) in [7, 11) is 3.13. The van der Waals surface area contributed by atoms with Crippen LogP contribution in [0.5, 0.6) is 11.5 Å².